The molecule has 0 unspecified atom stereocenters. The fourth-order valence-electron chi connectivity index (χ4n) is 2.25. The molecule has 0 fully saturated rings. The first kappa shape index (κ1) is 17.8. The van der Waals surface area contributed by atoms with Crippen LogP contribution in [0.4, 0.5) is 10.1 Å². The van der Waals surface area contributed by atoms with E-state index in [4.69, 9.17) is 10.5 Å². The van der Waals surface area contributed by atoms with Crippen LogP contribution in [0.5, 0.6) is 5.75 Å². The van der Waals surface area contributed by atoms with Gasteiger partial charge in [0, 0.05) is 5.69 Å². The summed E-state index contributed by atoms with van der Waals surface area (Å²) in [6.07, 6.45) is 0. The molecule has 0 saturated carbocycles. The lowest BCUT2D eigenvalue weighted by atomic mass is 10.0. The molecule has 0 radical (unpaired) electrons. The quantitative estimate of drug-likeness (QED) is 0.614. The number of aliphatic imine (C=N–C) groups is 1. The summed E-state index contributed by atoms with van der Waals surface area (Å²) in [4.78, 5) is 4.26. The zero-order chi connectivity index (χ0) is 17.5. The Bertz CT molecular complexity index is 714. The number of rotatable bonds is 6. The second kappa shape index (κ2) is 8.34. The molecule has 3 N–H and O–H groups in total. The molecule has 0 aromatic heterocycles. The largest absolute Gasteiger partial charge is 0.491 e. The van der Waals surface area contributed by atoms with Crippen molar-refractivity contribution in [3.8, 4) is 5.75 Å². The molecular weight excluding hydrogens is 305 g/mol. The van der Waals surface area contributed by atoms with Crippen LogP contribution in [0.2, 0.25) is 0 Å². The Morgan fingerprint density at radius 2 is 2.04 bits per heavy atom. The van der Waals surface area contributed by atoms with Crippen molar-refractivity contribution in [2.75, 3.05) is 11.9 Å². The molecule has 128 valence electrons. The Balaban J connectivity index is 2.01. The predicted octanol–water partition coefficient (Wildman–Crippen LogP) is 4.27. The van der Waals surface area contributed by atoms with Crippen LogP contribution in [0.15, 0.2) is 47.5 Å². The van der Waals surface area contributed by atoms with Gasteiger partial charge in [0.15, 0.2) is 17.5 Å². The van der Waals surface area contributed by atoms with E-state index in [2.05, 4.69) is 30.2 Å². The summed E-state index contributed by atoms with van der Waals surface area (Å²) in [5.41, 5.74) is 8.76. The van der Waals surface area contributed by atoms with Gasteiger partial charge >= 0.3 is 0 Å². The van der Waals surface area contributed by atoms with E-state index in [0.29, 0.717) is 25.0 Å². The first-order chi connectivity index (χ1) is 11.5. The molecule has 4 nitrogen and oxygen atoms in total. The van der Waals surface area contributed by atoms with E-state index in [1.165, 1.54) is 11.6 Å². The third-order valence-electron chi connectivity index (χ3n) is 3.55. The number of guanidine groups is 1. The molecule has 0 spiro atoms. The van der Waals surface area contributed by atoms with Gasteiger partial charge in [0.1, 0.15) is 0 Å². The average molecular weight is 329 g/mol. The number of nitrogens with one attached hydrogen (secondary N) is 1. The number of halogens is 1. The summed E-state index contributed by atoms with van der Waals surface area (Å²) < 4.78 is 19.0. The highest BCUT2D eigenvalue weighted by Crippen LogP contribution is 2.20. The summed E-state index contributed by atoms with van der Waals surface area (Å²) in [6.45, 7) is 6.82. The second-order valence-electron chi connectivity index (χ2n) is 5.80. The molecule has 2 aromatic rings. The number of nitrogens with two attached hydrogens (primary N) is 1. The van der Waals surface area contributed by atoms with E-state index in [-0.39, 0.29) is 11.6 Å². The molecule has 0 aliphatic heterocycles. The Morgan fingerprint density at radius 1 is 1.25 bits per heavy atom. The first-order valence-corrected chi connectivity index (χ1v) is 8.07. The molecule has 0 heterocycles. The summed E-state index contributed by atoms with van der Waals surface area (Å²) >= 11 is 0. The molecule has 0 amide bonds. The van der Waals surface area contributed by atoms with E-state index >= 15 is 0 Å². The highest BCUT2D eigenvalue weighted by molar-refractivity contribution is 5.92. The van der Waals surface area contributed by atoms with Crippen LogP contribution in [-0.4, -0.2) is 12.6 Å². The van der Waals surface area contributed by atoms with E-state index in [1.54, 1.807) is 12.1 Å². The molecule has 0 aliphatic rings. The Morgan fingerprint density at radius 3 is 2.71 bits per heavy atom. The lowest BCUT2D eigenvalue weighted by molar-refractivity contribution is 0.321. The smallest absolute Gasteiger partial charge is 0.193 e. The van der Waals surface area contributed by atoms with E-state index in [0.717, 1.165) is 11.3 Å². The van der Waals surface area contributed by atoms with Gasteiger partial charge in [-0.1, -0.05) is 32.0 Å². The van der Waals surface area contributed by atoms with Crippen molar-refractivity contribution in [2.24, 2.45) is 10.7 Å². The lowest BCUT2D eigenvalue weighted by Gasteiger charge is -2.10. The van der Waals surface area contributed by atoms with Gasteiger partial charge < -0.3 is 15.8 Å². The van der Waals surface area contributed by atoms with Crippen LogP contribution in [0.3, 0.4) is 0 Å². The minimum Gasteiger partial charge on any atom is -0.491 e. The number of hydrogen-bond donors (Lipinski definition) is 2. The molecule has 24 heavy (non-hydrogen) atoms. The van der Waals surface area contributed by atoms with Crippen molar-refractivity contribution in [1.82, 2.24) is 0 Å². The highest BCUT2D eigenvalue weighted by Gasteiger charge is 2.05. The minimum atomic E-state index is -0.388. The average Bonchev–Trinajstić information content (AvgIpc) is 2.55. The lowest BCUT2D eigenvalue weighted by Crippen LogP contribution is -2.22. The SMILES string of the molecule is CCOc1ccc(CN=C(N)Nc2cccc(C(C)C)c2)cc1F. The fourth-order valence-corrected chi connectivity index (χ4v) is 2.25. The molecule has 5 heteroatoms. The van der Waals surface area contributed by atoms with E-state index < -0.39 is 0 Å². The van der Waals surface area contributed by atoms with Crippen molar-refractivity contribution in [2.45, 2.75) is 33.2 Å². The number of nitrogens with zero attached hydrogens (tertiary/aromatic N) is 1. The Labute approximate surface area is 142 Å². The van der Waals surface area contributed by atoms with Crippen LogP contribution < -0.4 is 15.8 Å². The maximum atomic E-state index is 13.8. The van der Waals surface area contributed by atoms with E-state index in [9.17, 15) is 4.39 Å². The molecule has 0 saturated heterocycles. The van der Waals surface area contributed by atoms with Gasteiger partial charge in [0.05, 0.1) is 13.2 Å². The van der Waals surface area contributed by atoms with Crippen LogP contribution in [-0.2, 0) is 6.54 Å². The highest BCUT2D eigenvalue weighted by atomic mass is 19.1. The van der Waals surface area contributed by atoms with Crippen LogP contribution in [0.1, 0.15) is 37.8 Å². The van der Waals surface area contributed by atoms with Gasteiger partial charge in [-0.3, -0.25) is 0 Å². The summed E-state index contributed by atoms with van der Waals surface area (Å²) in [6, 6.07) is 12.8. The maximum absolute atomic E-state index is 13.8. The summed E-state index contributed by atoms with van der Waals surface area (Å²) in [5.74, 6) is 0.601. The van der Waals surface area contributed by atoms with Gasteiger partial charge in [-0.2, -0.15) is 0 Å². The van der Waals surface area contributed by atoms with Crippen molar-refractivity contribution in [3.63, 3.8) is 0 Å². The van der Waals surface area contributed by atoms with Crippen LogP contribution >= 0.6 is 0 Å². The Kier molecular flexibility index (Phi) is 6.18. The fraction of sp³-hybridized carbons (Fsp3) is 0.316. The third kappa shape index (κ3) is 4.98. The molecule has 2 aromatic carbocycles. The normalized spacial score (nSPS) is 11.6. The zero-order valence-corrected chi connectivity index (χ0v) is 14.3. The molecule has 0 bridgehead atoms. The first-order valence-electron chi connectivity index (χ1n) is 8.07. The monoisotopic (exact) mass is 329 g/mol. The number of benzene rings is 2. The van der Waals surface area contributed by atoms with Gasteiger partial charge in [-0.05, 0) is 48.2 Å². The van der Waals surface area contributed by atoms with Crippen LogP contribution in [0.25, 0.3) is 0 Å². The summed E-state index contributed by atoms with van der Waals surface area (Å²) in [7, 11) is 0. The Hall–Kier alpha value is -2.56. The standard InChI is InChI=1S/C19H24FN3O/c1-4-24-18-9-8-14(10-17(18)20)12-22-19(21)23-16-7-5-6-15(11-16)13(2)3/h5-11,13H,4,12H2,1-3H3,(H3,21,22,23). The molecular formula is C19H24FN3O. The van der Waals surface area contributed by atoms with Crippen molar-refractivity contribution < 1.29 is 9.13 Å². The number of anilines is 1. The van der Waals surface area contributed by atoms with Gasteiger partial charge in [-0.25, -0.2) is 9.38 Å². The van der Waals surface area contributed by atoms with Crippen molar-refractivity contribution in [3.05, 3.63) is 59.4 Å². The van der Waals surface area contributed by atoms with E-state index in [1.807, 2.05) is 25.1 Å². The van der Waals surface area contributed by atoms with Gasteiger partial charge in [-0.15, -0.1) is 0 Å². The summed E-state index contributed by atoms with van der Waals surface area (Å²) in [5, 5.41) is 3.06. The minimum absolute atomic E-state index is 0.252. The topological polar surface area (TPSA) is 59.6 Å². The van der Waals surface area contributed by atoms with Gasteiger partial charge in [0.25, 0.3) is 0 Å². The second-order valence-corrected chi connectivity index (χ2v) is 5.80. The zero-order valence-electron chi connectivity index (χ0n) is 14.3. The molecule has 2 rings (SSSR count). The maximum Gasteiger partial charge on any atom is 0.193 e. The van der Waals surface area contributed by atoms with Crippen molar-refractivity contribution in [1.29, 1.82) is 0 Å². The van der Waals surface area contributed by atoms with Crippen LogP contribution in [0, 0.1) is 5.82 Å². The third-order valence-corrected chi connectivity index (χ3v) is 3.55. The van der Waals surface area contributed by atoms with Crippen molar-refractivity contribution >= 4 is 11.6 Å². The molecule has 0 atom stereocenters. The number of hydrogen-bond acceptors (Lipinski definition) is 2. The molecule has 0 aliphatic carbocycles. The number of ether oxygens (including phenoxy) is 1. The van der Waals surface area contributed by atoms with Gasteiger partial charge in [0.2, 0.25) is 0 Å². The predicted molar refractivity (Wildman–Crippen MR) is 97.0 cm³/mol.